The average Bonchev–Trinajstić information content (AvgIpc) is 2.74. The minimum Gasteiger partial charge on any atom is -0.397 e. The van der Waals surface area contributed by atoms with Crippen LogP contribution in [0.5, 0.6) is 0 Å². The van der Waals surface area contributed by atoms with Crippen LogP contribution in [0.15, 0.2) is 0 Å². The highest BCUT2D eigenvalue weighted by Crippen LogP contribution is 2.28. The summed E-state index contributed by atoms with van der Waals surface area (Å²) in [6.07, 6.45) is 2.34. The summed E-state index contributed by atoms with van der Waals surface area (Å²) in [5, 5.41) is 9.47. The molecule has 7 heteroatoms. The quantitative estimate of drug-likeness (QED) is 0.562. The Morgan fingerprint density at radius 3 is 2.50 bits per heavy atom. The van der Waals surface area contributed by atoms with Crippen LogP contribution in [0.3, 0.4) is 0 Å². The van der Waals surface area contributed by atoms with Gasteiger partial charge in [0.2, 0.25) is 5.91 Å². The number of nitrogens with zero attached hydrogens (tertiary/aromatic N) is 2. The standard InChI is InChI=1S/C11H22N4O.C2H6O.HI/c1-11(2)5-4-6-15(8-11)10(16)9-7-14(3)13-12-9;1-2-3;/h9,12-13H,4-8H2,1-3H3;3H,2H2,1H3;1H. The Balaban J connectivity index is 0.000000830. The molecule has 1 atom stereocenters. The van der Waals surface area contributed by atoms with Crippen LogP contribution in [-0.4, -0.2) is 60.3 Å². The molecule has 2 aliphatic heterocycles. The van der Waals surface area contributed by atoms with Crippen LogP contribution < -0.4 is 11.0 Å². The molecule has 2 heterocycles. The Morgan fingerprint density at radius 1 is 1.45 bits per heavy atom. The number of nitrogens with one attached hydrogen (secondary N) is 2. The second kappa shape index (κ2) is 9.14. The largest absolute Gasteiger partial charge is 0.397 e. The summed E-state index contributed by atoms with van der Waals surface area (Å²) in [6.45, 7) is 8.92. The molecule has 0 saturated carbocycles. The fourth-order valence-electron chi connectivity index (χ4n) is 2.52. The zero-order valence-corrected chi connectivity index (χ0v) is 15.3. The number of hydrogen-bond donors (Lipinski definition) is 3. The number of carbonyl (C=O) groups is 1. The number of hydrogen-bond acceptors (Lipinski definition) is 5. The first-order valence-electron chi connectivity index (χ1n) is 7.01. The van der Waals surface area contributed by atoms with Crippen molar-refractivity contribution in [2.75, 3.05) is 33.3 Å². The molecule has 0 bridgehead atoms. The molecule has 0 aliphatic carbocycles. The number of carbonyl (C=O) groups excluding carboxylic acids is 1. The normalized spacial score (nSPS) is 25.4. The van der Waals surface area contributed by atoms with Crippen LogP contribution in [0.1, 0.15) is 33.6 Å². The molecule has 2 rings (SSSR count). The van der Waals surface area contributed by atoms with Crippen molar-refractivity contribution in [2.24, 2.45) is 5.41 Å². The van der Waals surface area contributed by atoms with Crippen molar-refractivity contribution in [1.29, 1.82) is 0 Å². The van der Waals surface area contributed by atoms with Crippen LogP contribution in [0.2, 0.25) is 0 Å². The van der Waals surface area contributed by atoms with Gasteiger partial charge in [-0.3, -0.25) is 4.79 Å². The Bertz CT molecular complexity index is 302. The first kappa shape index (κ1) is 20.0. The Hall–Kier alpha value is 0.0400. The molecule has 0 aromatic heterocycles. The molecule has 0 spiro atoms. The van der Waals surface area contributed by atoms with E-state index in [-0.39, 0.29) is 47.9 Å². The highest BCUT2D eigenvalue weighted by Gasteiger charge is 2.34. The smallest absolute Gasteiger partial charge is 0.242 e. The van der Waals surface area contributed by atoms with Gasteiger partial charge >= 0.3 is 0 Å². The third kappa shape index (κ3) is 6.21. The predicted octanol–water partition coefficient (Wildman–Crippen LogP) is 0.575. The van der Waals surface area contributed by atoms with Crippen LogP contribution in [-0.2, 0) is 4.79 Å². The fraction of sp³-hybridized carbons (Fsp3) is 0.923. The van der Waals surface area contributed by atoms with E-state index in [0.717, 1.165) is 26.1 Å². The fourth-order valence-corrected chi connectivity index (χ4v) is 2.52. The monoisotopic (exact) mass is 400 g/mol. The maximum Gasteiger partial charge on any atom is 0.242 e. The van der Waals surface area contributed by atoms with Gasteiger partial charge in [0.1, 0.15) is 6.04 Å². The number of halogens is 1. The van der Waals surface area contributed by atoms with E-state index in [1.54, 1.807) is 6.92 Å². The zero-order chi connectivity index (χ0) is 14.5. The van der Waals surface area contributed by atoms with Gasteiger partial charge in [0.15, 0.2) is 0 Å². The Labute approximate surface area is 139 Å². The van der Waals surface area contributed by atoms with E-state index < -0.39 is 0 Å². The van der Waals surface area contributed by atoms with E-state index >= 15 is 0 Å². The van der Waals surface area contributed by atoms with Crippen molar-refractivity contribution in [2.45, 2.75) is 39.7 Å². The van der Waals surface area contributed by atoms with Gasteiger partial charge in [0.25, 0.3) is 0 Å². The molecule has 1 unspecified atom stereocenters. The second-order valence-electron chi connectivity index (χ2n) is 6.03. The van der Waals surface area contributed by atoms with E-state index in [9.17, 15) is 4.79 Å². The molecule has 2 aliphatic rings. The number of aliphatic hydroxyl groups excluding tert-OH is 1. The minimum absolute atomic E-state index is 0. The average molecular weight is 400 g/mol. The van der Waals surface area contributed by atoms with Crippen molar-refractivity contribution in [3.63, 3.8) is 0 Å². The number of likely N-dealkylation sites (N-methyl/N-ethyl adjacent to an activating group) is 1. The van der Waals surface area contributed by atoms with Crippen molar-refractivity contribution in [3.05, 3.63) is 0 Å². The van der Waals surface area contributed by atoms with E-state index in [4.69, 9.17) is 5.11 Å². The molecule has 2 fully saturated rings. The maximum atomic E-state index is 12.2. The molecule has 0 aromatic carbocycles. The summed E-state index contributed by atoms with van der Waals surface area (Å²) in [4.78, 5) is 14.2. The molecule has 120 valence electrons. The minimum atomic E-state index is -0.0982. The van der Waals surface area contributed by atoms with E-state index in [1.807, 2.05) is 17.0 Å². The summed E-state index contributed by atoms with van der Waals surface area (Å²) in [5.74, 6) is 0.227. The van der Waals surface area contributed by atoms with Gasteiger partial charge in [0.05, 0.1) is 0 Å². The Morgan fingerprint density at radius 2 is 2.05 bits per heavy atom. The summed E-state index contributed by atoms with van der Waals surface area (Å²) in [7, 11) is 1.93. The first-order valence-corrected chi connectivity index (χ1v) is 7.01. The van der Waals surface area contributed by atoms with Crippen molar-refractivity contribution in [3.8, 4) is 0 Å². The number of amides is 1. The Kier molecular flexibility index (Phi) is 9.16. The summed E-state index contributed by atoms with van der Waals surface area (Å²) < 4.78 is 0. The van der Waals surface area contributed by atoms with Crippen LogP contribution in [0, 0.1) is 5.41 Å². The number of likely N-dealkylation sites (tertiary alicyclic amines) is 1. The lowest BCUT2D eigenvalue weighted by atomic mass is 9.84. The van der Waals surface area contributed by atoms with Gasteiger partial charge < -0.3 is 10.0 Å². The van der Waals surface area contributed by atoms with Crippen LogP contribution in [0.4, 0.5) is 0 Å². The van der Waals surface area contributed by atoms with Crippen molar-refractivity contribution < 1.29 is 9.90 Å². The molecule has 3 N–H and O–H groups in total. The molecule has 0 aromatic rings. The lowest BCUT2D eigenvalue weighted by Gasteiger charge is -2.38. The molecule has 6 nitrogen and oxygen atoms in total. The highest BCUT2D eigenvalue weighted by molar-refractivity contribution is 14.0. The lowest BCUT2D eigenvalue weighted by Crippen LogP contribution is -2.51. The predicted molar refractivity (Wildman–Crippen MR) is 90.5 cm³/mol. The van der Waals surface area contributed by atoms with Crippen molar-refractivity contribution >= 4 is 29.9 Å². The summed E-state index contributed by atoms with van der Waals surface area (Å²) in [5.41, 5.74) is 6.23. The number of aliphatic hydroxyl groups is 1. The first-order chi connectivity index (χ1) is 8.89. The third-order valence-electron chi connectivity index (χ3n) is 3.40. The molecule has 0 radical (unpaired) electrons. The number of piperidine rings is 1. The molecular weight excluding hydrogens is 371 g/mol. The summed E-state index contributed by atoms with van der Waals surface area (Å²) >= 11 is 0. The molecule has 20 heavy (non-hydrogen) atoms. The van der Waals surface area contributed by atoms with E-state index in [1.165, 1.54) is 6.42 Å². The molecular formula is C13H29IN4O2. The van der Waals surface area contributed by atoms with Crippen LogP contribution in [0.25, 0.3) is 0 Å². The zero-order valence-electron chi connectivity index (χ0n) is 13.0. The van der Waals surface area contributed by atoms with E-state index in [0.29, 0.717) is 0 Å². The topological polar surface area (TPSA) is 67.8 Å². The van der Waals surface area contributed by atoms with Gasteiger partial charge in [-0.05, 0) is 25.2 Å². The van der Waals surface area contributed by atoms with Gasteiger partial charge in [-0.15, -0.1) is 24.0 Å². The van der Waals surface area contributed by atoms with Crippen molar-refractivity contribution in [1.82, 2.24) is 20.9 Å². The highest BCUT2D eigenvalue weighted by atomic mass is 127. The summed E-state index contributed by atoms with van der Waals surface area (Å²) in [6, 6.07) is -0.0982. The van der Waals surface area contributed by atoms with Gasteiger partial charge in [0, 0.05) is 33.3 Å². The number of hydrazine groups is 2. The third-order valence-corrected chi connectivity index (χ3v) is 3.40. The maximum absolute atomic E-state index is 12.2. The SMILES string of the molecule is CCO.CN1CC(C(=O)N2CCCC(C)(C)C2)NN1.I. The van der Waals surface area contributed by atoms with E-state index in [2.05, 4.69) is 24.8 Å². The lowest BCUT2D eigenvalue weighted by molar-refractivity contribution is -0.136. The van der Waals surface area contributed by atoms with Gasteiger partial charge in [-0.25, -0.2) is 10.4 Å². The molecule has 2 saturated heterocycles. The van der Waals surface area contributed by atoms with Gasteiger partial charge in [-0.1, -0.05) is 13.8 Å². The van der Waals surface area contributed by atoms with Gasteiger partial charge in [-0.2, -0.15) is 5.53 Å². The van der Waals surface area contributed by atoms with Crippen LogP contribution >= 0.6 is 24.0 Å². The molecule has 1 amide bonds. The number of rotatable bonds is 1. The second-order valence-corrected chi connectivity index (χ2v) is 6.03.